The Morgan fingerprint density at radius 2 is 2.60 bits per heavy atom. The second kappa shape index (κ2) is 2.83. The van der Waals surface area contributed by atoms with Crippen molar-refractivity contribution in [1.29, 1.82) is 0 Å². The average Bonchev–Trinajstić information content (AvgIpc) is 2.34. The minimum Gasteiger partial charge on any atom is -0.400 e. The summed E-state index contributed by atoms with van der Waals surface area (Å²) in [5.41, 5.74) is 0. The average molecular weight is 154 g/mol. The van der Waals surface area contributed by atoms with Crippen LogP contribution in [0.4, 0.5) is 0 Å². The highest BCUT2D eigenvalue weighted by Crippen LogP contribution is 2.09. The molecule has 1 amide bonds. The number of rotatable bonds is 1. The minimum atomic E-state index is -0.113. The van der Waals surface area contributed by atoms with Gasteiger partial charge >= 0.3 is 0 Å². The highest BCUT2D eigenvalue weighted by Gasteiger charge is 2.05. The Morgan fingerprint density at radius 3 is 3.00 bits per heavy atom. The third kappa shape index (κ3) is 1.36. The van der Waals surface area contributed by atoms with E-state index in [1.165, 1.54) is 11.3 Å². The highest BCUT2D eigenvalue weighted by atomic mass is 32.1. The number of nitrogens with zero attached hydrogens (tertiary/aromatic N) is 1. The van der Waals surface area contributed by atoms with E-state index in [9.17, 15) is 4.79 Å². The molecular weight excluding hydrogens is 147 g/mol. The first-order chi connectivity index (χ1) is 4.74. The summed E-state index contributed by atoms with van der Waals surface area (Å²) in [6, 6.07) is 0. The molecular formula is C5H7BN2OS. The Kier molecular flexibility index (Phi) is 2.06. The Labute approximate surface area is 63.9 Å². The summed E-state index contributed by atoms with van der Waals surface area (Å²) in [4.78, 5) is 15.8. The third-order valence-corrected chi connectivity index (χ3v) is 1.95. The number of carbonyl (C=O) groups excluding carboxylic acids is 1. The first kappa shape index (κ1) is 7.27. The monoisotopic (exact) mass is 154 g/mol. The number of thiazole rings is 1. The highest BCUT2D eigenvalue weighted by molar-refractivity contribution is 7.13. The van der Waals surface area contributed by atoms with Crippen molar-refractivity contribution in [3.8, 4) is 0 Å². The van der Waals surface area contributed by atoms with Gasteiger partial charge in [-0.3, -0.25) is 4.79 Å². The van der Waals surface area contributed by atoms with E-state index in [4.69, 9.17) is 0 Å². The number of aryl methyl sites for hydroxylation is 1. The van der Waals surface area contributed by atoms with Gasteiger partial charge in [0, 0.05) is 11.1 Å². The quantitative estimate of drug-likeness (QED) is 0.565. The zero-order valence-corrected chi connectivity index (χ0v) is 6.66. The van der Waals surface area contributed by atoms with E-state index in [1.807, 2.05) is 6.92 Å². The fourth-order valence-corrected chi connectivity index (χ4v) is 1.28. The number of nitrogens with one attached hydrogen (secondary N) is 1. The molecule has 0 aliphatic heterocycles. The zero-order chi connectivity index (χ0) is 7.56. The summed E-state index contributed by atoms with van der Waals surface area (Å²) in [6.07, 6.45) is 1.69. The van der Waals surface area contributed by atoms with Crippen molar-refractivity contribution in [3.63, 3.8) is 0 Å². The van der Waals surface area contributed by atoms with Crippen molar-refractivity contribution >= 4 is 25.2 Å². The Balaban J connectivity index is 2.85. The van der Waals surface area contributed by atoms with Crippen LogP contribution in [0.3, 0.4) is 0 Å². The fraction of sp³-hybridized carbons (Fsp3) is 0.200. The summed E-state index contributed by atoms with van der Waals surface area (Å²) >= 11 is 1.40. The van der Waals surface area contributed by atoms with Gasteiger partial charge in [-0.25, -0.2) is 4.98 Å². The fourth-order valence-electron chi connectivity index (χ4n) is 0.567. The number of amides is 1. The van der Waals surface area contributed by atoms with Gasteiger partial charge in [0.2, 0.25) is 7.98 Å². The molecule has 10 heavy (non-hydrogen) atoms. The number of hydrogen-bond donors (Lipinski definition) is 1. The zero-order valence-electron chi connectivity index (χ0n) is 5.84. The summed E-state index contributed by atoms with van der Waals surface area (Å²) < 4.78 is 0. The molecule has 1 rings (SSSR count). The molecule has 0 spiro atoms. The SMILES string of the molecule is BNC(=O)c1ncc(C)s1. The van der Waals surface area contributed by atoms with Crippen molar-refractivity contribution in [1.82, 2.24) is 10.2 Å². The molecule has 0 atom stereocenters. The van der Waals surface area contributed by atoms with Crippen molar-refractivity contribution < 1.29 is 4.79 Å². The van der Waals surface area contributed by atoms with Crippen LogP contribution in [0.15, 0.2) is 6.20 Å². The van der Waals surface area contributed by atoms with Gasteiger partial charge < -0.3 is 5.23 Å². The molecule has 0 radical (unpaired) electrons. The minimum absolute atomic E-state index is 0.113. The predicted octanol–water partition coefficient (Wildman–Crippen LogP) is -0.271. The lowest BCUT2D eigenvalue weighted by Crippen LogP contribution is -2.18. The van der Waals surface area contributed by atoms with Crippen LogP contribution in [-0.4, -0.2) is 18.9 Å². The van der Waals surface area contributed by atoms with Gasteiger partial charge in [-0.1, -0.05) is 0 Å². The number of aromatic nitrogens is 1. The molecule has 1 aromatic heterocycles. The smallest absolute Gasteiger partial charge is 0.267 e. The lowest BCUT2D eigenvalue weighted by molar-refractivity contribution is 0.0981. The molecule has 5 heteroatoms. The molecule has 0 bridgehead atoms. The summed E-state index contributed by atoms with van der Waals surface area (Å²) in [7, 11) is 1.60. The van der Waals surface area contributed by atoms with Crippen LogP contribution in [0, 0.1) is 6.92 Å². The maximum Gasteiger partial charge on any atom is 0.267 e. The number of carbonyl (C=O) groups is 1. The molecule has 0 saturated carbocycles. The van der Waals surface area contributed by atoms with E-state index in [1.54, 1.807) is 14.2 Å². The van der Waals surface area contributed by atoms with E-state index >= 15 is 0 Å². The summed E-state index contributed by atoms with van der Waals surface area (Å²) in [5, 5.41) is 3.03. The van der Waals surface area contributed by atoms with E-state index in [0.29, 0.717) is 5.01 Å². The van der Waals surface area contributed by atoms with Gasteiger partial charge in [0.05, 0.1) is 0 Å². The van der Waals surface area contributed by atoms with Crippen LogP contribution in [0.5, 0.6) is 0 Å². The first-order valence-corrected chi connectivity index (χ1v) is 3.70. The van der Waals surface area contributed by atoms with Gasteiger partial charge in [-0.05, 0) is 6.92 Å². The van der Waals surface area contributed by atoms with Crippen LogP contribution >= 0.6 is 11.3 Å². The molecule has 0 aliphatic rings. The van der Waals surface area contributed by atoms with Gasteiger partial charge in [0.25, 0.3) is 5.91 Å². The van der Waals surface area contributed by atoms with Crippen LogP contribution in [0.25, 0.3) is 0 Å². The summed E-state index contributed by atoms with van der Waals surface area (Å²) in [6.45, 7) is 1.92. The van der Waals surface area contributed by atoms with Crippen LogP contribution in [0.1, 0.15) is 14.7 Å². The van der Waals surface area contributed by atoms with Crippen LogP contribution < -0.4 is 5.23 Å². The predicted molar refractivity (Wildman–Crippen MR) is 42.9 cm³/mol. The Morgan fingerprint density at radius 1 is 1.90 bits per heavy atom. The molecule has 52 valence electrons. The Hall–Kier alpha value is -0.835. The molecule has 0 saturated heterocycles. The second-order valence-electron chi connectivity index (χ2n) is 1.86. The molecule has 0 aromatic carbocycles. The molecule has 1 N–H and O–H groups in total. The van der Waals surface area contributed by atoms with Crippen molar-refractivity contribution in [2.45, 2.75) is 6.92 Å². The van der Waals surface area contributed by atoms with Gasteiger partial charge in [-0.15, -0.1) is 11.3 Å². The standard InChI is InChI=1S/C5H7BN2OS/c1-3-2-7-5(10-3)4(9)8-6/h2H,6H2,1H3,(H,8,9). The molecule has 0 aliphatic carbocycles. The molecule has 1 heterocycles. The van der Waals surface area contributed by atoms with Gasteiger partial charge in [0.15, 0.2) is 5.01 Å². The van der Waals surface area contributed by atoms with Gasteiger partial charge in [-0.2, -0.15) is 0 Å². The van der Waals surface area contributed by atoms with Gasteiger partial charge in [0.1, 0.15) is 0 Å². The summed E-state index contributed by atoms with van der Waals surface area (Å²) in [5.74, 6) is -0.113. The molecule has 3 nitrogen and oxygen atoms in total. The van der Waals surface area contributed by atoms with Crippen LogP contribution in [-0.2, 0) is 0 Å². The van der Waals surface area contributed by atoms with Crippen LogP contribution in [0.2, 0.25) is 0 Å². The maximum atomic E-state index is 10.9. The van der Waals surface area contributed by atoms with E-state index < -0.39 is 0 Å². The van der Waals surface area contributed by atoms with Crippen molar-refractivity contribution in [3.05, 3.63) is 16.1 Å². The lowest BCUT2D eigenvalue weighted by Gasteiger charge is -1.89. The maximum absolute atomic E-state index is 10.9. The molecule has 0 fully saturated rings. The van der Waals surface area contributed by atoms with Crippen molar-refractivity contribution in [2.75, 3.05) is 0 Å². The largest absolute Gasteiger partial charge is 0.400 e. The van der Waals surface area contributed by atoms with Crippen molar-refractivity contribution in [2.24, 2.45) is 0 Å². The normalized spacial score (nSPS) is 9.30. The first-order valence-electron chi connectivity index (χ1n) is 2.88. The van der Waals surface area contributed by atoms with E-state index in [2.05, 4.69) is 10.2 Å². The Bertz CT molecular complexity index is 248. The lowest BCUT2D eigenvalue weighted by atomic mass is 10.4. The van der Waals surface area contributed by atoms with E-state index in [0.717, 1.165) is 4.88 Å². The number of hydrogen-bond acceptors (Lipinski definition) is 3. The second-order valence-corrected chi connectivity index (χ2v) is 3.09. The molecule has 0 unspecified atom stereocenters. The third-order valence-electron chi connectivity index (χ3n) is 1.04. The van der Waals surface area contributed by atoms with E-state index in [-0.39, 0.29) is 5.91 Å². The topological polar surface area (TPSA) is 42.0 Å². The molecule has 1 aromatic rings.